The van der Waals surface area contributed by atoms with E-state index in [1.54, 1.807) is 31.3 Å². The number of anilines is 1. The van der Waals surface area contributed by atoms with Crippen LogP contribution in [0, 0.1) is 0 Å². The van der Waals surface area contributed by atoms with Gasteiger partial charge in [0.25, 0.3) is 10.0 Å². The molecule has 0 saturated heterocycles. The van der Waals surface area contributed by atoms with E-state index in [2.05, 4.69) is 9.82 Å². The van der Waals surface area contributed by atoms with E-state index in [1.807, 2.05) is 0 Å². The van der Waals surface area contributed by atoms with Gasteiger partial charge in [0.2, 0.25) is 0 Å². The standard InChI is InChI=1S/C11H14N4O2S/c1-15-11(6-7-13-15)14-18(16,17)10-5-3-2-4-9(10)8-12/h2-7,14H,8,12H2,1H3. The molecular weight excluding hydrogens is 252 g/mol. The van der Waals surface area contributed by atoms with E-state index < -0.39 is 10.0 Å². The van der Waals surface area contributed by atoms with Crippen molar-refractivity contribution in [2.45, 2.75) is 11.4 Å². The van der Waals surface area contributed by atoms with Gasteiger partial charge in [0.05, 0.1) is 11.1 Å². The third-order valence-corrected chi connectivity index (χ3v) is 4.00. The van der Waals surface area contributed by atoms with Crippen molar-refractivity contribution < 1.29 is 8.42 Å². The van der Waals surface area contributed by atoms with Gasteiger partial charge in [-0.2, -0.15) is 5.10 Å². The van der Waals surface area contributed by atoms with E-state index in [4.69, 9.17) is 5.73 Å². The zero-order chi connectivity index (χ0) is 13.2. The minimum absolute atomic E-state index is 0.169. The van der Waals surface area contributed by atoms with Gasteiger partial charge in [-0.25, -0.2) is 8.42 Å². The molecule has 2 aromatic rings. The van der Waals surface area contributed by atoms with Gasteiger partial charge in [0.1, 0.15) is 5.82 Å². The maximum atomic E-state index is 12.2. The van der Waals surface area contributed by atoms with Crippen LogP contribution in [-0.4, -0.2) is 18.2 Å². The van der Waals surface area contributed by atoms with E-state index in [0.717, 1.165) is 0 Å². The van der Waals surface area contributed by atoms with Gasteiger partial charge in [-0.3, -0.25) is 9.40 Å². The lowest BCUT2D eigenvalue weighted by atomic mass is 10.2. The minimum atomic E-state index is -3.64. The van der Waals surface area contributed by atoms with Gasteiger partial charge >= 0.3 is 0 Å². The fraction of sp³-hybridized carbons (Fsp3) is 0.182. The summed E-state index contributed by atoms with van der Waals surface area (Å²) in [5.74, 6) is 0.404. The topological polar surface area (TPSA) is 90.0 Å². The molecule has 96 valence electrons. The summed E-state index contributed by atoms with van der Waals surface area (Å²) >= 11 is 0. The lowest BCUT2D eigenvalue weighted by molar-refractivity contribution is 0.599. The van der Waals surface area contributed by atoms with Gasteiger partial charge in [-0.05, 0) is 11.6 Å². The van der Waals surface area contributed by atoms with Crippen molar-refractivity contribution in [2.24, 2.45) is 12.8 Å². The number of nitrogens with one attached hydrogen (secondary N) is 1. The summed E-state index contributed by atoms with van der Waals surface area (Å²) in [6, 6.07) is 8.23. The number of nitrogens with zero attached hydrogens (tertiary/aromatic N) is 2. The van der Waals surface area contributed by atoms with Crippen LogP contribution in [0.1, 0.15) is 5.56 Å². The molecule has 0 fully saturated rings. The van der Waals surface area contributed by atoms with Crippen LogP contribution in [0.3, 0.4) is 0 Å². The first-order chi connectivity index (χ1) is 8.54. The maximum Gasteiger partial charge on any atom is 0.263 e. The van der Waals surface area contributed by atoms with Gasteiger partial charge in [-0.1, -0.05) is 18.2 Å². The lowest BCUT2D eigenvalue weighted by Crippen LogP contribution is -2.18. The van der Waals surface area contributed by atoms with Crippen LogP contribution in [0.5, 0.6) is 0 Å². The van der Waals surface area contributed by atoms with Crippen molar-refractivity contribution in [3.05, 3.63) is 42.1 Å². The molecule has 0 spiro atoms. The molecule has 7 heteroatoms. The Morgan fingerprint density at radius 1 is 1.33 bits per heavy atom. The Morgan fingerprint density at radius 3 is 2.67 bits per heavy atom. The van der Waals surface area contributed by atoms with Gasteiger partial charge < -0.3 is 5.73 Å². The molecule has 2 rings (SSSR count). The molecule has 1 heterocycles. The van der Waals surface area contributed by atoms with Crippen LogP contribution < -0.4 is 10.5 Å². The van der Waals surface area contributed by atoms with Gasteiger partial charge in [0, 0.05) is 19.7 Å². The van der Waals surface area contributed by atoms with Crippen LogP contribution >= 0.6 is 0 Å². The molecule has 3 N–H and O–H groups in total. The van der Waals surface area contributed by atoms with Crippen LogP contribution in [0.4, 0.5) is 5.82 Å². The van der Waals surface area contributed by atoms with E-state index in [-0.39, 0.29) is 11.4 Å². The third kappa shape index (κ3) is 2.36. The molecule has 18 heavy (non-hydrogen) atoms. The van der Waals surface area contributed by atoms with Crippen molar-refractivity contribution in [2.75, 3.05) is 4.72 Å². The molecule has 0 aliphatic carbocycles. The first-order valence-corrected chi connectivity index (χ1v) is 6.81. The summed E-state index contributed by atoms with van der Waals surface area (Å²) in [6.45, 7) is 0.169. The summed E-state index contributed by atoms with van der Waals surface area (Å²) in [4.78, 5) is 0.189. The van der Waals surface area contributed by atoms with Crippen molar-refractivity contribution in [1.82, 2.24) is 9.78 Å². The van der Waals surface area contributed by atoms with Crippen LogP contribution in [0.15, 0.2) is 41.4 Å². The van der Waals surface area contributed by atoms with Crippen molar-refractivity contribution in [1.29, 1.82) is 0 Å². The SMILES string of the molecule is Cn1nccc1NS(=O)(=O)c1ccccc1CN. The third-order valence-electron chi connectivity index (χ3n) is 2.54. The fourth-order valence-corrected chi connectivity index (χ4v) is 2.94. The zero-order valence-corrected chi connectivity index (χ0v) is 10.7. The molecule has 0 atom stereocenters. The molecule has 1 aromatic heterocycles. The second-order valence-corrected chi connectivity index (χ2v) is 5.41. The Hall–Kier alpha value is -1.86. The first kappa shape index (κ1) is 12.6. The number of sulfonamides is 1. The van der Waals surface area contributed by atoms with Crippen LogP contribution in [-0.2, 0) is 23.6 Å². The fourth-order valence-electron chi connectivity index (χ4n) is 1.60. The molecule has 0 saturated carbocycles. The number of hydrogen-bond donors (Lipinski definition) is 2. The molecule has 0 bridgehead atoms. The highest BCUT2D eigenvalue weighted by Crippen LogP contribution is 2.18. The average Bonchev–Trinajstić information content (AvgIpc) is 2.74. The summed E-state index contributed by atoms with van der Waals surface area (Å²) in [5.41, 5.74) is 6.12. The number of rotatable bonds is 4. The maximum absolute atomic E-state index is 12.2. The Bertz CT molecular complexity index is 649. The molecule has 1 aromatic carbocycles. The number of hydrogen-bond acceptors (Lipinski definition) is 4. The number of aryl methyl sites for hydroxylation is 1. The summed E-state index contributed by atoms with van der Waals surface area (Å²) in [6.07, 6.45) is 1.52. The first-order valence-electron chi connectivity index (χ1n) is 5.33. The van der Waals surface area contributed by atoms with E-state index in [0.29, 0.717) is 11.4 Å². The molecule has 6 nitrogen and oxygen atoms in total. The average molecular weight is 266 g/mol. The highest BCUT2D eigenvalue weighted by atomic mass is 32.2. The Morgan fingerprint density at radius 2 is 2.06 bits per heavy atom. The summed E-state index contributed by atoms with van der Waals surface area (Å²) in [5, 5.41) is 3.90. The predicted molar refractivity (Wildman–Crippen MR) is 68.3 cm³/mol. The molecule has 0 aliphatic rings. The van der Waals surface area contributed by atoms with Crippen molar-refractivity contribution >= 4 is 15.8 Å². The van der Waals surface area contributed by atoms with E-state index >= 15 is 0 Å². The lowest BCUT2D eigenvalue weighted by Gasteiger charge is -2.11. The highest BCUT2D eigenvalue weighted by Gasteiger charge is 2.18. The van der Waals surface area contributed by atoms with E-state index in [1.165, 1.54) is 16.9 Å². The molecule has 0 amide bonds. The van der Waals surface area contributed by atoms with Crippen LogP contribution in [0.25, 0.3) is 0 Å². The van der Waals surface area contributed by atoms with Crippen molar-refractivity contribution in [3.63, 3.8) is 0 Å². The summed E-state index contributed by atoms with van der Waals surface area (Å²) in [7, 11) is -1.98. The van der Waals surface area contributed by atoms with Crippen molar-refractivity contribution in [3.8, 4) is 0 Å². The Labute approximate surface area is 105 Å². The largest absolute Gasteiger partial charge is 0.326 e. The smallest absolute Gasteiger partial charge is 0.263 e. The number of aromatic nitrogens is 2. The normalized spacial score (nSPS) is 11.4. The molecule has 0 radical (unpaired) electrons. The predicted octanol–water partition coefficient (Wildman–Crippen LogP) is 0.680. The second kappa shape index (κ2) is 4.79. The highest BCUT2D eigenvalue weighted by molar-refractivity contribution is 7.92. The minimum Gasteiger partial charge on any atom is -0.326 e. The Balaban J connectivity index is 2.40. The quantitative estimate of drug-likeness (QED) is 0.851. The number of nitrogens with two attached hydrogens (primary N) is 1. The van der Waals surface area contributed by atoms with Gasteiger partial charge in [0.15, 0.2) is 0 Å². The Kier molecular flexibility index (Phi) is 3.35. The molecular formula is C11H14N4O2S. The molecule has 0 unspecified atom stereocenters. The van der Waals surface area contributed by atoms with E-state index in [9.17, 15) is 8.42 Å². The monoisotopic (exact) mass is 266 g/mol. The van der Waals surface area contributed by atoms with Crippen LogP contribution in [0.2, 0.25) is 0 Å². The molecule has 0 aliphatic heterocycles. The zero-order valence-electron chi connectivity index (χ0n) is 9.87. The second-order valence-electron chi connectivity index (χ2n) is 3.76. The van der Waals surface area contributed by atoms with Gasteiger partial charge in [-0.15, -0.1) is 0 Å². The summed E-state index contributed by atoms with van der Waals surface area (Å²) < 4.78 is 28.4. The number of benzene rings is 1.